The highest BCUT2D eigenvalue weighted by molar-refractivity contribution is 5.78. The summed E-state index contributed by atoms with van der Waals surface area (Å²) >= 11 is 0. The topological polar surface area (TPSA) is 137 Å². The van der Waals surface area contributed by atoms with Gasteiger partial charge >= 0.3 is 12.1 Å². The van der Waals surface area contributed by atoms with Crippen molar-refractivity contribution in [1.82, 2.24) is 10.4 Å². The molecular weight excluding hydrogens is 458 g/mol. The molecule has 0 spiro atoms. The first-order valence-electron chi connectivity index (χ1n) is 11.2. The second-order valence-corrected chi connectivity index (χ2v) is 7.96. The SMILES string of the molecule is O=C(COC1CCN(C(=O)OCc2ccccc2)CC1)NOC(=O)CCc1ccc([N+](=O)[O-])cc1. The zero-order valence-corrected chi connectivity index (χ0v) is 19.1. The monoisotopic (exact) mass is 485 g/mol. The molecule has 1 saturated heterocycles. The number of nitro benzene ring substituents is 1. The Morgan fingerprint density at radius 3 is 2.34 bits per heavy atom. The van der Waals surface area contributed by atoms with Gasteiger partial charge in [0.05, 0.1) is 17.4 Å². The Morgan fingerprint density at radius 1 is 1.00 bits per heavy atom. The lowest BCUT2D eigenvalue weighted by molar-refractivity contribution is -0.384. The summed E-state index contributed by atoms with van der Waals surface area (Å²) in [5, 5.41) is 10.7. The minimum atomic E-state index is -0.640. The molecule has 0 saturated carbocycles. The third kappa shape index (κ3) is 8.70. The van der Waals surface area contributed by atoms with E-state index in [1.807, 2.05) is 30.3 Å². The maximum Gasteiger partial charge on any atom is 0.410 e. The van der Waals surface area contributed by atoms with Crippen LogP contribution in [-0.4, -0.2) is 53.6 Å². The largest absolute Gasteiger partial charge is 0.445 e. The van der Waals surface area contributed by atoms with E-state index in [2.05, 4.69) is 5.48 Å². The van der Waals surface area contributed by atoms with E-state index in [1.165, 1.54) is 12.1 Å². The molecule has 11 heteroatoms. The Hall–Kier alpha value is -3.99. The minimum Gasteiger partial charge on any atom is -0.445 e. The summed E-state index contributed by atoms with van der Waals surface area (Å²) in [6, 6.07) is 15.3. The molecule has 2 amide bonds. The molecule has 35 heavy (non-hydrogen) atoms. The number of nitrogens with one attached hydrogen (secondary N) is 1. The molecule has 0 bridgehead atoms. The van der Waals surface area contributed by atoms with Crippen LogP contribution in [0.4, 0.5) is 10.5 Å². The van der Waals surface area contributed by atoms with Crippen LogP contribution < -0.4 is 5.48 Å². The molecule has 1 fully saturated rings. The third-order valence-electron chi connectivity index (χ3n) is 5.40. The number of carbonyl (C=O) groups is 3. The van der Waals surface area contributed by atoms with Gasteiger partial charge in [0.1, 0.15) is 13.2 Å². The number of non-ortho nitro benzene ring substituents is 1. The van der Waals surface area contributed by atoms with Crippen molar-refractivity contribution in [3.05, 3.63) is 75.8 Å². The second kappa shape index (κ2) is 13.0. The molecule has 0 atom stereocenters. The molecule has 3 rings (SSSR count). The molecule has 186 valence electrons. The van der Waals surface area contributed by atoms with Gasteiger partial charge in [-0.3, -0.25) is 14.9 Å². The highest BCUT2D eigenvalue weighted by Crippen LogP contribution is 2.16. The Balaban J connectivity index is 1.26. The van der Waals surface area contributed by atoms with Crippen molar-refractivity contribution in [3.8, 4) is 0 Å². The van der Waals surface area contributed by atoms with Crippen LogP contribution in [0, 0.1) is 10.1 Å². The van der Waals surface area contributed by atoms with Crippen LogP contribution in [0.1, 0.15) is 30.4 Å². The first-order valence-corrected chi connectivity index (χ1v) is 11.2. The van der Waals surface area contributed by atoms with E-state index >= 15 is 0 Å². The number of hydrogen-bond acceptors (Lipinski definition) is 8. The number of nitro groups is 1. The predicted octanol–water partition coefficient (Wildman–Crippen LogP) is 2.92. The average molecular weight is 485 g/mol. The molecule has 0 unspecified atom stereocenters. The summed E-state index contributed by atoms with van der Waals surface area (Å²) in [6.07, 6.45) is 0.848. The second-order valence-electron chi connectivity index (χ2n) is 7.96. The van der Waals surface area contributed by atoms with Crippen LogP contribution in [0.3, 0.4) is 0 Å². The maximum absolute atomic E-state index is 12.2. The molecule has 0 aliphatic carbocycles. The smallest absolute Gasteiger partial charge is 0.410 e. The van der Waals surface area contributed by atoms with Gasteiger partial charge in [-0.2, -0.15) is 5.48 Å². The summed E-state index contributed by atoms with van der Waals surface area (Å²) in [7, 11) is 0. The van der Waals surface area contributed by atoms with E-state index in [1.54, 1.807) is 17.0 Å². The van der Waals surface area contributed by atoms with Crippen molar-refractivity contribution < 1.29 is 33.6 Å². The fourth-order valence-electron chi connectivity index (χ4n) is 3.43. The summed E-state index contributed by atoms with van der Waals surface area (Å²) in [5.41, 5.74) is 3.67. The van der Waals surface area contributed by atoms with Crippen LogP contribution in [0.25, 0.3) is 0 Å². The summed E-state index contributed by atoms with van der Waals surface area (Å²) in [6.45, 7) is 0.844. The van der Waals surface area contributed by atoms with E-state index in [9.17, 15) is 24.5 Å². The number of aryl methyl sites for hydroxylation is 1. The molecule has 2 aromatic rings. The van der Waals surface area contributed by atoms with Crippen molar-refractivity contribution in [2.45, 2.75) is 38.4 Å². The number of nitrogens with zero attached hydrogens (tertiary/aromatic N) is 2. The fraction of sp³-hybridized carbons (Fsp3) is 0.375. The van der Waals surface area contributed by atoms with Gasteiger partial charge in [0.2, 0.25) is 0 Å². The van der Waals surface area contributed by atoms with Gasteiger partial charge in [-0.05, 0) is 30.4 Å². The van der Waals surface area contributed by atoms with Crippen molar-refractivity contribution >= 4 is 23.7 Å². The third-order valence-corrected chi connectivity index (χ3v) is 5.40. The molecular formula is C24H27N3O8. The lowest BCUT2D eigenvalue weighted by Gasteiger charge is -2.31. The van der Waals surface area contributed by atoms with Crippen LogP contribution in [0.15, 0.2) is 54.6 Å². The van der Waals surface area contributed by atoms with Gasteiger partial charge in [-0.15, -0.1) is 0 Å². The Morgan fingerprint density at radius 2 is 1.69 bits per heavy atom. The van der Waals surface area contributed by atoms with Crippen LogP contribution in [-0.2, 0) is 36.9 Å². The van der Waals surface area contributed by atoms with Gasteiger partial charge in [-0.25, -0.2) is 9.59 Å². The van der Waals surface area contributed by atoms with E-state index < -0.39 is 16.8 Å². The molecule has 0 radical (unpaired) electrons. The lowest BCUT2D eigenvalue weighted by atomic mass is 10.1. The van der Waals surface area contributed by atoms with Crippen LogP contribution in [0.2, 0.25) is 0 Å². The Kier molecular flexibility index (Phi) is 9.55. The maximum atomic E-state index is 12.2. The number of carbonyl (C=O) groups excluding carboxylic acids is 3. The van der Waals surface area contributed by atoms with Crippen molar-refractivity contribution in [2.24, 2.45) is 0 Å². The van der Waals surface area contributed by atoms with Crippen molar-refractivity contribution in [2.75, 3.05) is 19.7 Å². The highest BCUT2D eigenvalue weighted by Gasteiger charge is 2.25. The first kappa shape index (κ1) is 25.6. The van der Waals surface area contributed by atoms with Crippen LogP contribution in [0.5, 0.6) is 0 Å². The minimum absolute atomic E-state index is 0.00220. The summed E-state index contributed by atoms with van der Waals surface area (Å²) in [4.78, 5) is 52.4. The molecule has 0 aromatic heterocycles. The first-order chi connectivity index (χ1) is 16.9. The van der Waals surface area contributed by atoms with Gasteiger partial charge in [0.25, 0.3) is 11.6 Å². The predicted molar refractivity (Wildman–Crippen MR) is 123 cm³/mol. The molecule has 1 heterocycles. The molecule has 2 aromatic carbocycles. The zero-order valence-electron chi connectivity index (χ0n) is 19.1. The molecule has 1 N–H and O–H groups in total. The molecule has 1 aliphatic heterocycles. The number of piperidine rings is 1. The zero-order chi connectivity index (χ0) is 25.0. The van der Waals surface area contributed by atoms with Gasteiger partial charge in [0.15, 0.2) is 0 Å². The standard InChI is InChI=1S/C24H27N3O8/c28-22(25-35-23(29)11-8-18-6-9-20(10-7-18)27(31)32)17-33-21-12-14-26(15-13-21)24(30)34-16-19-4-2-1-3-5-19/h1-7,9-10,21H,8,11-17H2,(H,25,28). The van der Waals surface area contributed by atoms with Crippen molar-refractivity contribution in [1.29, 1.82) is 0 Å². The number of ether oxygens (including phenoxy) is 2. The number of amides is 2. The summed E-state index contributed by atoms with van der Waals surface area (Å²) < 4.78 is 10.9. The van der Waals surface area contributed by atoms with Crippen LogP contribution >= 0.6 is 0 Å². The normalized spacial score (nSPS) is 13.7. The lowest BCUT2D eigenvalue weighted by Crippen LogP contribution is -2.42. The number of likely N-dealkylation sites (tertiary alicyclic amines) is 1. The molecule has 1 aliphatic rings. The van der Waals surface area contributed by atoms with Gasteiger partial charge in [-0.1, -0.05) is 42.5 Å². The number of hydrogen-bond donors (Lipinski definition) is 1. The van der Waals surface area contributed by atoms with E-state index in [0.717, 1.165) is 11.1 Å². The van der Waals surface area contributed by atoms with E-state index in [0.29, 0.717) is 32.4 Å². The van der Waals surface area contributed by atoms with E-state index in [-0.39, 0.29) is 37.5 Å². The highest BCUT2D eigenvalue weighted by atomic mass is 16.7. The number of benzene rings is 2. The summed E-state index contributed by atoms with van der Waals surface area (Å²) in [5.74, 6) is -1.24. The van der Waals surface area contributed by atoms with Crippen molar-refractivity contribution in [3.63, 3.8) is 0 Å². The van der Waals surface area contributed by atoms with E-state index in [4.69, 9.17) is 14.3 Å². The fourth-order valence-corrected chi connectivity index (χ4v) is 3.43. The number of rotatable bonds is 9. The number of hydroxylamine groups is 1. The quantitative estimate of drug-likeness (QED) is 0.423. The van der Waals surface area contributed by atoms with Gasteiger partial charge in [0, 0.05) is 25.2 Å². The van der Waals surface area contributed by atoms with Gasteiger partial charge < -0.3 is 19.2 Å². The molecule has 11 nitrogen and oxygen atoms in total. The average Bonchev–Trinajstić information content (AvgIpc) is 2.89. The Labute approximate surface area is 202 Å². The Bertz CT molecular complexity index is 1010.